The SMILES string of the molecule is CCN(c1nc(OC[C@@]23CCCN2C[C@H](F)C3)nc2c(C(F)(F)F)c(-c3ccc(F)c4sc(N)c(C#N)c34)c(C(F)(F)F)cc12)[C@H]1C[C@@H](C)N(C(=O)C2COC2)C1. The van der Waals surface area contributed by atoms with Crippen molar-refractivity contribution < 1.29 is 49.4 Å². The van der Waals surface area contributed by atoms with E-state index in [1.165, 1.54) is 0 Å². The van der Waals surface area contributed by atoms with E-state index in [4.69, 9.17) is 15.2 Å². The smallest absolute Gasteiger partial charge is 0.419 e. The van der Waals surface area contributed by atoms with Gasteiger partial charge in [0.05, 0.1) is 51.6 Å². The normalized spacial score (nSPS) is 24.3. The maximum Gasteiger partial charge on any atom is 0.419 e. The Balaban J connectivity index is 1.38. The molecule has 57 heavy (non-hydrogen) atoms. The molecule has 4 aliphatic heterocycles. The number of anilines is 2. The molecule has 2 N–H and O–H groups in total. The van der Waals surface area contributed by atoms with Crippen LogP contribution in [0.5, 0.6) is 6.01 Å². The number of carbonyl (C=O) groups excluding carboxylic acids is 1. The predicted octanol–water partition coefficient (Wildman–Crippen LogP) is 7.56. The number of aromatic nitrogens is 2. The van der Waals surface area contributed by atoms with E-state index in [2.05, 4.69) is 9.97 Å². The molecule has 1 amide bonds. The third-order valence-electron chi connectivity index (χ3n) is 11.8. The van der Waals surface area contributed by atoms with Gasteiger partial charge in [-0.15, -0.1) is 11.3 Å². The molecule has 0 radical (unpaired) electrons. The minimum absolute atomic E-state index is 0.0570. The average Bonchev–Trinajstić information content (AvgIpc) is 3.86. The zero-order chi connectivity index (χ0) is 40.8. The number of rotatable bonds is 8. The molecule has 8 rings (SSSR count). The van der Waals surface area contributed by atoms with Gasteiger partial charge in [0.15, 0.2) is 0 Å². The Hall–Kier alpha value is -4.54. The van der Waals surface area contributed by atoms with Crippen molar-refractivity contribution in [2.45, 2.75) is 75.7 Å². The fourth-order valence-electron chi connectivity index (χ4n) is 9.18. The Morgan fingerprint density at radius 1 is 1.18 bits per heavy atom. The van der Waals surface area contributed by atoms with Gasteiger partial charge in [-0.25, -0.2) is 8.78 Å². The Morgan fingerprint density at radius 3 is 2.58 bits per heavy atom. The van der Waals surface area contributed by atoms with Gasteiger partial charge in [-0.2, -0.15) is 41.6 Å². The van der Waals surface area contributed by atoms with Crippen molar-refractivity contribution in [3.05, 3.63) is 40.7 Å². The second-order valence-corrected chi connectivity index (χ2v) is 16.3. The molecule has 4 aliphatic rings. The molecule has 0 unspecified atom stereocenters. The molecule has 4 aromatic rings. The Morgan fingerprint density at radius 2 is 1.93 bits per heavy atom. The van der Waals surface area contributed by atoms with Crippen molar-refractivity contribution in [3.63, 3.8) is 0 Å². The maximum atomic E-state index is 15.8. The number of nitrogens with two attached hydrogens (primary N) is 1. The van der Waals surface area contributed by atoms with E-state index in [0.29, 0.717) is 36.8 Å². The van der Waals surface area contributed by atoms with Crippen LogP contribution in [0.3, 0.4) is 0 Å². The van der Waals surface area contributed by atoms with Gasteiger partial charge in [-0.3, -0.25) is 9.69 Å². The second kappa shape index (κ2) is 14.1. The monoisotopic (exact) mass is 823 g/mol. The third-order valence-corrected chi connectivity index (χ3v) is 12.9. The molecule has 0 bridgehead atoms. The highest BCUT2D eigenvalue weighted by Crippen LogP contribution is 2.52. The molecule has 0 aliphatic carbocycles. The molecule has 4 fully saturated rings. The number of hydrogen-bond donors (Lipinski definition) is 1. The van der Waals surface area contributed by atoms with E-state index < -0.39 is 90.7 Å². The van der Waals surface area contributed by atoms with Gasteiger partial charge in [0.1, 0.15) is 35.5 Å². The number of nitriles is 1. The number of nitrogen functional groups attached to an aromatic ring is 1. The average molecular weight is 824 g/mol. The van der Waals surface area contributed by atoms with Crippen LogP contribution in [-0.4, -0.2) is 95.5 Å². The van der Waals surface area contributed by atoms with Gasteiger partial charge in [0.25, 0.3) is 0 Å². The molecule has 0 saturated carbocycles. The number of benzene rings is 2. The van der Waals surface area contributed by atoms with Crippen LogP contribution >= 0.6 is 11.3 Å². The molecule has 4 atom stereocenters. The van der Waals surface area contributed by atoms with Crippen LogP contribution in [0, 0.1) is 23.1 Å². The van der Waals surface area contributed by atoms with E-state index in [9.17, 15) is 14.4 Å². The summed E-state index contributed by atoms with van der Waals surface area (Å²) >= 11 is 0.530. The van der Waals surface area contributed by atoms with Gasteiger partial charge in [-0.05, 0) is 57.4 Å². The topological polar surface area (TPSA) is 121 Å². The van der Waals surface area contributed by atoms with E-state index in [1.807, 2.05) is 11.8 Å². The zero-order valence-electron chi connectivity index (χ0n) is 30.7. The number of amides is 1. The number of fused-ring (bicyclic) bond motifs is 3. The van der Waals surface area contributed by atoms with Crippen LogP contribution in [-0.2, 0) is 21.9 Å². The summed E-state index contributed by atoms with van der Waals surface area (Å²) in [6.07, 6.45) is -10.4. The minimum Gasteiger partial charge on any atom is -0.461 e. The first-order valence-corrected chi connectivity index (χ1v) is 19.4. The fraction of sp³-hybridized carbons (Fsp3) is 0.526. The van der Waals surface area contributed by atoms with Crippen molar-refractivity contribution in [2.24, 2.45) is 5.92 Å². The van der Waals surface area contributed by atoms with Crippen molar-refractivity contribution in [2.75, 3.05) is 56.6 Å². The quantitative estimate of drug-likeness (QED) is 0.180. The Kier molecular flexibility index (Phi) is 9.71. The summed E-state index contributed by atoms with van der Waals surface area (Å²) in [5.74, 6) is -1.78. The highest BCUT2D eigenvalue weighted by Gasteiger charge is 2.50. The second-order valence-electron chi connectivity index (χ2n) is 15.3. The molecule has 19 heteroatoms. The zero-order valence-corrected chi connectivity index (χ0v) is 31.6. The van der Waals surface area contributed by atoms with Gasteiger partial charge < -0.3 is 25.0 Å². The molecule has 10 nitrogen and oxygen atoms in total. The van der Waals surface area contributed by atoms with Gasteiger partial charge >= 0.3 is 18.4 Å². The number of halogens is 8. The van der Waals surface area contributed by atoms with Crippen LogP contribution in [0.4, 0.5) is 45.9 Å². The lowest BCUT2D eigenvalue weighted by Crippen LogP contribution is -2.47. The predicted molar refractivity (Wildman–Crippen MR) is 195 cm³/mol. The number of alkyl halides is 7. The largest absolute Gasteiger partial charge is 0.461 e. The first kappa shape index (κ1) is 39.3. The van der Waals surface area contributed by atoms with E-state index >= 15 is 30.7 Å². The maximum absolute atomic E-state index is 15.8. The molecule has 0 spiro atoms. The Bertz CT molecular complexity index is 2310. The minimum atomic E-state index is -5.52. The standard InChI is InChI=1S/C38H37F8N7O3S/c1-3-52(21-9-18(2)53(14-21)34(54)19-15-55-16-19)33-23-10-25(37(41,42)43)28(22-5-6-26(40)31-27(22)24(12-47)32(48)57-31)29(38(44,45)46)30(23)49-35(50-33)56-17-36-7-4-8-51(36)13-20(39)11-36/h5-6,10,18-21H,3-4,7-9,11,13-17,48H2,1-2H3/t18-,20-,21+,36+/m1/s1. The molecule has 6 heterocycles. The number of likely N-dealkylation sites (tertiary alicyclic amines) is 1. The molecule has 2 aromatic heterocycles. The van der Waals surface area contributed by atoms with E-state index in [1.54, 1.807) is 22.8 Å². The molecule has 304 valence electrons. The summed E-state index contributed by atoms with van der Waals surface area (Å²) in [6.45, 7) is 4.71. The number of ether oxygens (including phenoxy) is 2. The highest BCUT2D eigenvalue weighted by molar-refractivity contribution is 7.23. The lowest BCUT2D eigenvalue weighted by Gasteiger charge is -2.33. The van der Waals surface area contributed by atoms with Gasteiger partial charge in [0, 0.05) is 54.5 Å². The summed E-state index contributed by atoms with van der Waals surface area (Å²) in [7, 11) is 0. The van der Waals surface area contributed by atoms with E-state index in [-0.39, 0.29) is 74.6 Å². The number of likely N-dealkylation sites (N-methyl/N-ethyl adjacent to an activating group) is 1. The van der Waals surface area contributed by atoms with Crippen molar-refractivity contribution in [1.82, 2.24) is 19.8 Å². The summed E-state index contributed by atoms with van der Waals surface area (Å²) < 4.78 is 134. The van der Waals surface area contributed by atoms with Crippen molar-refractivity contribution >= 4 is 49.1 Å². The first-order chi connectivity index (χ1) is 27.0. The van der Waals surface area contributed by atoms with Crippen LogP contribution in [0.2, 0.25) is 0 Å². The third kappa shape index (κ3) is 6.57. The Labute approximate surface area is 325 Å². The van der Waals surface area contributed by atoms with Crippen LogP contribution in [0.1, 0.15) is 56.2 Å². The summed E-state index contributed by atoms with van der Waals surface area (Å²) in [5, 5.41) is 8.54. The lowest BCUT2D eigenvalue weighted by atomic mass is 9.88. The molecule has 2 aromatic carbocycles. The highest BCUT2D eigenvalue weighted by atomic mass is 32.1. The molecular weight excluding hydrogens is 787 g/mol. The molecule has 4 saturated heterocycles. The van der Waals surface area contributed by atoms with Crippen LogP contribution in [0.15, 0.2) is 18.2 Å². The number of nitrogens with zero attached hydrogens (tertiary/aromatic N) is 6. The number of carbonyl (C=O) groups is 1. The summed E-state index contributed by atoms with van der Waals surface area (Å²) in [6, 6.07) is 2.30. The van der Waals surface area contributed by atoms with Crippen molar-refractivity contribution in [1.29, 1.82) is 5.26 Å². The van der Waals surface area contributed by atoms with Gasteiger partial charge in [0.2, 0.25) is 5.91 Å². The van der Waals surface area contributed by atoms with Crippen molar-refractivity contribution in [3.8, 4) is 23.2 Å². The summed E-state index contributed by atoms with van der Waals surface area (Å²) in [4.78, 5) is 27.2. The number of hydrogen-bond acceptors (Lipinski definition) is 10. The van der Waals surface area contributed by atoms with E-state index in [0.717, 1.165) is 18.6 Å². The van der Waals surface area contributed by atoms with Crippen LogP contribution in [0.25, 0.3) is 32.1 Å². The summed E-state index contributed by atoms with van der Waals surface area (Å²) in [5.41, 5.74) is -1.84. The first-order valence-electron chi connectivity index (χ1n) is 18.6. The molecular formula is C38H37F8N7O3S. The lowest BCUT2D eigenvalue weighted by molar-refractivity contribution is -0.150. The van der Waals surface area contributed by atoms with Gasteiger partial charge in [-0.1, -0.05) is 6.07 Å². The number of thiophene rings is 1. The van der Waals surface area contributed by atoms with Crippen LogP contribution < -0.4 is 15.4 Å². The fourth-order valence-corrected chi connectivity index (χ4v) is 10.1.